The van der Waals surface area contributed by atoms with Gasteiger partial charge in [0.25, 0.3) is 0 Å². The highest BCUT2D eigenvalue weighted by atomic mass is 16.2. The fourth-order valence-electron chi connectivity index (χ4n) is 0.209. The average molecular weight is 115 g/mol. The molecule has 0 rings (SSSR count). The SMILES string of the molecule is CNC(=O)N(C)[C]=O. The first-order valence-electron chi connectivity index (χ1n) is 2.05. The molecule has 0 aromatic heterocycles. The molecule has 0 fully saturated rings. The van der Waals surface area contributed by atoms with Crippen LogP contribution in [0.25, 0.3) is 0 Å². The van der Waals surface area contributed by atoms with Gasteiger partial charge in [-0.05, 0) is 0 Å². The first-order chi connectivity index (χ1) is 3.72. The van der Waals surface area contributed by atoms with Gasteiger partial charge in [-0.25, -0.2) is 4.79 Å². The van der Waals surface area contributed by atoms with E-state index in [-0.39, 0.29) is 0 Å². The molecule has 3 amide bonds. The summed E-state index contributed by atoms with van der Waals surface area (Å²) in [5.74, 6) is 0. The molecule has 0 unspecified atom stereocenters. The second-order valence-electron chi connectivity index (χ2n) is 1.21. The van der Waals surface area contributed by atoms with E-state index in [4.69, 9.17) is 0 Å². The first-order valence-corrected chi connectivity index (χ1v) is 2.05. The maximum absolute atomic E-state index is 10.3. The van der Waals surface area contributed by atoms with Crippen LogP contribution in [-0.2, 0) is 4.79 Å². The van der Waals surface area contributed by atoms with Crippen molar-refractivity contribution in [2.24, 2.45) is 0 Å². The van der Waals surface area contributed by atoms with E-state index in [0.717, 1.165) is 4.90 Å². The Morgan fingerprint density at radius 2 is 2.25 bits per heavy atom. The predicted molar refractivity (Wildman–Crippen MR) is 27.9 cm³/mol. The molecule has 1 N–H and O–H groups in total. The van der Waals surface area contributed by atoms with E-state index in [1.807, 2.05) is 0 Å². The molecule has 45 valence electrons. The number of nitrogens with one attached hydrogen (secondary N) is 1. The minimum absolute atomic E-state index is 0.458. The van der Waals surface area contributed by atoms with E-state index >= 15 is 0 Å². The van der Waals surface area contributed by atoms with Gasteiger partial charge in [0.05, 0.1) is 0 Å². The van der Waals surface area contributed by atoms with Gasteiger partial charge in [-0.2, -0.15) is 0 Å². The molecule has 0 heterocycles. The minimum Gasteiger partial charge on any atom is -0.341 e. The van der Waals surface area contributed by atoms with Crippen molar-refractivity contribution in [1.82, 2.24) is 10.2 Å². The normalized spacial score (nSPS) is 7.75. The van der Waals surface area contributed by atoms with Crippen molar-refractivity contribution >= 4 is 12.4 Å². The summed E-state index contributed by atoms with van der Waals surface area (Å²) in [4.78, 5) is 20.7. The standard InChI is InChI=1S/C4H7N2O2/c1-5-4(8)6(2)3-7/h1-2H3,(H,5,8). The summed E-state index contributed by atoms with van der Waals surface area (Å²) in [6, 6.07) is -0.458. The lowest BCUT2D eigenvalue weighted by atomic mass is 10.8. The number of imide groups is 1. The topological polar surface area (TPSA) is 49.4 Å². The van der Waals surface area contributed by atoms with Crippen LogP contribution < -0.4 is 5.32 Å². The van der Waals surface area contributed by atoms with E-state index in [9.17, 15) is 9.59 Å². The van der Waals surface area contributed by atoms with E-state index in [1.165, 1.54) is 20.5 Å². The highest BCUT2D eigenvalue weighted by molar-refractivity contribution is 5.84. The molecule has 0 spiro atoms. The summed E-state index contributed by atoms with van der Waals surface area (Å²) in [6.07, 6.45) is 1.39. The van der Waals surface area contributed by atoms with Gasteiger partial charge in [0, 0.05) is 14.1 Å². The van der Waals surface area contributed by atoms with Crippen LogP contribution in [0.15, 0.2) is 0 Å². The number of carbonyl (C=O) groups is 1. The Labute approximate surface area is 47.5 Å². The maximum Gasteiger partial charge on any atom is 0.323 e. The largest absolute Gasteiger partial charge is 0.341 e. The van der Waals surface area contributed by atoms with Gasteiger partial charge < -0.3 is 5.32 Å². The molecule has 0 aromatic carbocycles. The highest BCUT2D eigenvalue weighted by Gasteiger charge is 2.01. The summed E-state index contributed by atoms with van der Waals surface area (Å²) >= 11 is 0. The Balaban J connectivity index is 3.62. The molecule has 1 radical (unpaired) electrons. The van der Waals surface area contributed by atoms with Gasteiger partial charge in [0.2, 0.25) is 0 Å². The summed E-state index contributed by atoms with van der Waals surface area (Å²) in [7, 11) is 2.77. The molecule has 4 nitrogen and oxygen atoms in total. The Bertz CT molecular complexity index is 102. The van der Waals surface area contributed by atoms with Crippen molar-refractivity contribution in [3.8, 4) is 0 Å². The third-order valence-corrected chi connectivity index (χ3v) is 0.655. The third-order valence-electron chi connectivity index (χ3n) is 0.655. The maximum atomic E-state index is 10.3. The van der Waals surface area contributed by atoms with Crippen molar-refractivity contribution < 1.29 is 9.59 Å². The lowest BCUT2D eigenvalue weighted by molar-refractivity contribution is 0.227. The highest BCUT2D eigenvalue weighted by Crippen LogP contribution is 1.72. The molecule has 0 saturated carbocycles. The molecule has 0 bridgehead atoms. The molecular formula is C4H7N2O2. The molecule has 0 saturated heterocycles. The van der Waals surface area contributed by atoms with Crippen molar-refractivity contribution in [2.45, 2.75) is 0 Å². The summed E-state index contributed by atoms with van der Waals surface area (Å²) in [5, 5.41) is 2.24. The van der Waals surface area contributed by atoms with Gasteiger partial charge in [0.15, 0.2) is 0 Å². The van der Waals surface area contributed by atoms with Crippen LogP contribution in [0, 0.1) is 0 Å². The van der Waals surface area contributed by atoms with Gasteiger partial charge in [-0.15, -0.1) is 0 Å². The minimum atomic E-state index is -0.458. The molecule has 0 aliphatic rings. The fourth-order valence-corrected chi connectivity index (χ4v) is 0.209. The molecule has 8 heavy (non-hydrogen) atoms. The zero-order valence-corrected chi connectivity index (χ0v) is 4.76. The van der Waals surface area contributed by atoms with Crippen LogP contribution in [0.3, 0.4) is 0 Å². The number of nitrogens with zero attached hydrogens (tertiary/aromatic N) is 1. The molecule has 0 aliphatic carbocycles. The Morgan fingerprint density at radius 1 is 1.75 bits per heavy atom. The third kappa shape index (κ3) is 1.59. The van der Waals surface area contributed by atoms with E-state index in [2.05, 4.69) is 5.32 Å². The van der Waals surface area contributed by atoms with Gasteiger partial charge in [-0.1, -0.05) is 0 Å². The van der Waals surface area contributed by atoms with Crippen LogP contribution in [0.2, 0.25) is 0 Å². The van der Waals surface area contributed by atoms with E-state index in [0.29, 0.717) is 0 Å². The van der Waals surface area contributed by atoms with Gasteiger partial charge >= 0.3 is 12.4 Å². The molecule has 0 atom stereocenters. The smallest absolute Gasteiger partial charge is 0.323 e. The number of hydrogen-bond donors (Lipinski definition) is 1. The lowest BCUT2D eigenvalue weighted by Crippen LogP contribution is -2.33. The van der Waals surface area contributed by atoms with Crippen LogP contribution in [0.5, 0.6) is 0 Å². The quantitative estimate of drug-likeness (QED) is 0.460. The van der Waals surface area contributed by atoms with Crippen LogP contribution in [0.1, 0.15) is 0 Å². The fraction of sp³-hybridized carbons (Fsp3) is 0.500. The second kappa shape index (κ2) is 3.01. The van der Waals surface area contributed by atoms with E-state index < -0.39 is 6.03 Å². The average Bonchev–Trinajstić information content (AvgIpc) is 1.84. The van der Waals surface area contributed by atoms with Crippen molar-refractivity contribution in [2.75, 3.05) is 14.1 Å². The summed E-state index contributed by atoms with van der Waals surface area (Å²) in [6.45, 7) is 0. The predicted octanol–water partition coefficient (Wildman–Crippen LogP) is -0.675. The molecule has 4 heteroatoms. The monoisotopic (exact) mass is 115 g/mol. The van der Waals surface area contributed by atoms with Crippen LogP contribution in [-0.4, -0.2) is 31.4 Å². The molecule has 0 aliphatic heterocycles. The summed E-state index contributed by atoms with van der Waals surface area (Å²) < 4.78 is 0. The zero-order chi connectivity index (χ0) is 6.57. The van der Waals surface area contributed by atoms with Crippen molar-refractivity contribution in [1.29, 1.82) is 0 Å². The summed E-state index contributed by atoms with van der Waals surface area (Å²) in [5.41, 5.74) is 0. The zero-order valence-electron chi connectivity index (χ0n) is 4.76. The Hall–Kier alpha value is -1.06. The Morgan fingerprint density at radius 3 is 2.38 bits per heavy atom. The molecule has 0 aromatic rings. The van der Waals surface area contributed by atoms with Crippen molar-refractivity contribution in [3.63, 3.8) is 0 Å². The van der Waals surface area contributed by atoms with Crippen molar-refractivity contribution in [3.05, 3.63) is 0 Å². The number of hydrogen-bond acceptors (Lipinski definition) is 2. The van der Waals surface area contributed by atoms with Crippen LogP contribution >= 0.6 is 0 Å². The first kappa shape index (κ1) is 6.94. The van der Waals surface area contributed by atoms with Gasteiger partial charge in [0.1, 0.15) is 0 Å². The lowest BCUT2D eigenvalue weighted by Gasteiger charge is -2.03. The van der Waals surface area contributed by atoms with E-state index in [1.54, 1.807) is 0 Å². The number of carbonyl (C=O) groups excluding carboxylic acids is 2. The number of amides is 3. The number of rotatable bonds is 1. The number of urea groups is 1. The second-order valence-corrected chi connectivity index (χ2v) is 1.21. The molecular weight excluding hydrogens is 108 g/mol. The Kier molecular flexibility index (Phi) is 2.61. The van der Waals surface area contributed by atoms with Gasteiger partial charge in [-0.3, -0.25) is 9.69 Å². The van der Waals surface area contributed by atoms with Crippen LogP contribution in [0.4, 0.5) is 4.79 Å².